The van der Waals surface area contributed by atoms with Crippen LogP contribution in [0.2, 0.25) is 0 Å². The van der Waals surface area contributed by atoms with Gasteiger partial charge in [0.2, 0.25) is 0 Å². The molecule has 204 valence electrons. The van der Waals surface area contributed by atoms with Gasteiger partial charge in [-0.05, 0) is 69.0 Å². The molecule has 0 saturated carbocycles. The molecule has 1 saturated heterocycles. The van der Waals surface area contributed by atoms with Gasteiger partial charge in [0.05, 0.1) is 18.0 Å². The van der Waals surface area contributed by atoms with Crippen LogP contribution in [-0.2, 0) is 17.9 Å². The van der Waals surface area contributed by atoms with Crippen molar-refractivity contribution in [1.29, 1.82) is 0 Å². The summed E-state index contributed by atoms with van der Waals surface area (Å²) < 4.78 is 64.9. The molecule has 2 heterocycles. The highest BCUT2D eigenvalue weighted by atomic mass is 19.1. The number of piperidine rings is 1. The molecule has 1 fully saturated rings. The number of rotatable bonds is 11. The maximum atomic E-state index is 13.8. The molecule has 38 heavy (non-hydrogen) atoms. The number of aromatic nitrogens is 1. The van der Waals surface area contributed by atoms with Crippen LogP contribution in [0.15, 0.2) is 36.5 Å². The summed E-state index contributed by atoms with van der Waals surface area (Å²) in [5.41, 5.74) is 1.11. The Morgan fingerprint density at radius 2 is 1.84 bits per heavy atom. The number of alkyl halides is 1. The summed E-state index contributed by atoms with van der Waals surface area (Å²) in [5.74, 6) is -4.09. The van der Waals surface area contributed by atoms with Gasteiger partial charge < -0.3 is 14.6 Å². The van der Waals surface area contributed by atoms with Crippen LogP contribution in [0.5, 0.6) is 11.5 Å². The van der Waals surface area contributed by atoms with Gasteiger partial charge in [-0.1, -0.05) is 0 Å². The highest BCUT2D eigenvalue weighted by molar-refractivity contribution is 5.84. The number of hydrogen-bond acceptors (Lipinski definition) is 5. The first-order valence-corrected chi connectivity index (χ1v) is 12.5. The molecular formula is C28H30F4N2O4. The van der Waals surface area contributed by atoms with Crippen molar-refractivity contribution in [1.82, 2.24) is 9.88 Å². The summed E-state index contributed by atoms with van der Waals surface area (Å²) in [6.45, 7) is 0.618. The van der Waals surface area contributed by atoms with Crippen molar-refractivity contribution < 1.29 is 36.9 Å². The Labute approximate surface area is 218 Å². The lowest BCUT2D eigenvalue weighted by Gasteiger charge is -2.39. The number of hydrogen-bond donors (Lipinski definition) is 1. The number of pyridine rings is 1. The predicted octanol–water partition coefficient (Wildman–Crippen LogP) is 5.70. The number of nitrogens with zero attached hydrogens (tertiary/aromatic N) is 2. The number of aryl methyl sites for hydroxylation is 1. The summed E-state index contributed by atoms with van der Waals surface area (Å²) >= 11 is 0. The van der Waals surface area contributed by atoms with E-state index in [2.05, 4.69) is 4.98 Å². The van der Waals surface area contributed by atoms with E-state index < -0.39 is 41.3 Å². The van der Waals surface area contributed by atoms with Gasteiger partial charge in [0.15, 0.2) is 17.4 Å². The van der Waals surface area contributed by atoms with E-state index in [0.29, 0.717) is 75.2 Å². The number of benzene rings is 2. The first kappa shape index (κ1) is 27.6. The zero-order chi connectivity index (χ0) is 27.3. The second-order valence-electron chi connectivity index (χ2n) is 9.61. The zero-order valence-corrected chi connectivity index (χ0v) is 21.1. The molecule has 1 aliphatic heterocycles. The fourth-order valence-corrected chi connectivity index (χ4v) is 5.13. The lowest BCUT2D eigenvalue weighted by Crippen LogP contribution is -2.45. The number of carbonyl (C=O) groups is 1. The number of likely N-dealkylation sites (tertiary alicyclic amines) is 1. The van der Waals surface area contributed by atoms with Gasteiger partial charge >= 0.3 is 5.97 Å². The third-order valence-electron chi connectivity index (χ3n) is 7.39. The van der Waals surface area contributed by atoms with Gasteiger partial charge in [0.25, 0.3) is 0 Å². The maximum Gasteiger partial charge on any atom is 0.309 e. The average Bonchev–Trinajstić information content (AvgIpc) is 2.90. The summed E-state index contributed by atoms with van der Waals surface area (Å²) in [5, 5.41) is 10.9. The molecule has 0 spiro atoms. The number of halogens is 4. The highest BCUT2D eigenvalue weighted by Crippen LogP contribution is 2.38. The number of ether oxygens (including phenoxy) is 2. The molecule has 0 bridgehead atoms. The van der Waals surface area contributed by atoms with Crippen LogP contribution >= 0.6 is 0 Å². The van der Waals surface area contributed by atoms with E-state index in [9.17, 15) is 27.5 Å². The van der Waals surface area contributed by atoms with Crippen molar-refractivity contribution in [2.45, 2.75) is 38.8 Å². The molecule has 10 heteroatoms. The van der Waals surface area contributed by atoms with E-state index in [-0.39, 0.29) is 6.61 Å². The van der Waals surface area contributed by atoms with E-state index in [1.54, 1.807) is 13.2 Å². The Morgan fingerprint density at radius 1 is 1.13 bits per heavy atom. The Bertz CT molecular complexity index is 1270. The smallest absolute Gasteiger partial charge is 0.309 e. The van der Waals surface area contributed by atoms with Crippen LogP contribution in [-0.4, -0.2) is 54.3 Å². The minimum Gasteiger partial charge on any atom is -0.497 e. The van der Waals surface area contributed by atoms with Crippen LogP contribution in [0.3, 0.4) is 0 Å². The van der Waals surface area contributed by atoms with E-state index in [4.69, 9.17) is 9.47 Å². The summed E-state index contributed by atoms with van der Waals surface area (Å²) in [6.07, 6.45) is 3.83. The average molecular weight is 535 g/mol. The normalized spacial score (nSPS) is 15.5. The molecule has 0 unspecified atom stereocenters. The predicted molar refractivity (Wildman–Crippen MR) is 134 cm³/mol. The minimum atomic E-state index is -1.11. The van der Waals surface area contributed by atoms with E-state index in [0.717, 1.165) is 16.5 Å². The largest absolute Gasteiger partial charge is 0.497 e. The fourth-order valence-electron chi connectivity index (χ4n) is 5.13. The zero-order valence-electron chi connectivity index (χ0n) is 21.1. The molecule has 1 aliphatic rings. The number of methoxy groups -OCH3 is 1. The summed E-state index contributed by atoms with van der Waals surface area (Å²) in [7, 11) is 1.56. The maximum absolute atomic E-state index is 13.8. The molecule has 6 nitrogen and oxygen atoms in total. The van der Waals surface area contributed by atoms with Crippen molar-refractivity contribution in [2.24, 2.45) is 5.41 Å². The molecule has 0 radical (unpaired) electrons. The van der Waals surface area contributed by atoms with Crippen LogP contribution in [0, 0.1) is 22.9 Å². The Morgan fingerprint density at radius 3 is 2.47 bits per heavy atom. The monoisotopic (exact) mass is 534 g/mol. The number of carboxylic acid groups (broad SMARTS) is 1. The molecule has 1 N–H and O–H groups in total. The van der Waals surface area contributed by atoms with Crippen molar-refractivity contribution in [3.05, 3.63) is 65.1 Å². The SMILES string of the molecule is COc1ccc2ncc(CF)c(CCCC3(C(=O)O)CCN(CCOc4c(F)cc(F)cc4F)CC3)c2c1. The van der Waals surface area contributed by atoms with Crippen molar-refractivity contribution >= 4 is 16.9 Å². The topological polar surface area (TPSA) is 71.9 Å². The number of aliphatic carboxylic acids is 1. The van der Waals surface area contributed by atoms with Crippen LogP contribution in [0.1, 0.15) is 36.8 Å². The second-order valence-corrected chi connectivity index (χ2v) is 9.61. The lowest BCUT2D eigenvalue weighted by atomic mass is 9.74. The van der Waals surface area contributed by atoms with Crippen LogP contribution < -0.4 is 9.47 Å². The van der Waals surface area contributed by atoms with Crippen LogP contribution in [0.4, 0.5) is 17.6 Å². The Balaban J connectivity index is 1.35. The fraction of sp³-hybridized carbons (Fsp3) is 0.429. The summed E-state index contributed by atoms with van der Waals surface area (Å²) in [4.78, 5) is 18.6. The van der Waals surface area contributed by atoms with Crippen LogP contribution in [0.25, 0.3) is 10.9 Å². The second kappa shape index (κ2) is 12.0. The van der Waals surface area contributed by atoms with Gasteiger partial charge in [-0.3, -0.25) is 14.7 Å². The Kier molecular flexibility index (Phi) is 8.71. The third-order valence-corrected chi connectivity index (χ3v) is 7.39. The Hall–Kier alpha value is -3.40. The molecule has 1 aromatic heterocycles. The quantitative estimate of drug-likeness (QED) is 0.319. The van der Waals surface area contributed by atoms with Crippen molar-refractivity contribution in [2.75, 3.05) is 33.4 Å². The molecule has 0 atom stereocenters. The third kappa shape index (κ3) is 6.01. The summed E-state index contributed by atoms with van der Waals surface area (Å²) in [6, 6.07) is 6.55. The molecule has 0 amide bonds. The lowest BCUT2D eigenvalue weighted by molar-refractivity contribution is -0.152. The van der Waals surface area contributed by atoms with Crippen molar-refractivity contribution in [3.63, 3.8) is 0 Å². The number of carboxylic acids is 1. The van der Waals surface area contributed by atoms with Gasteiger partial charge in [0, 0.05) is 35.8 Å². The van der Waals surface area contributed by atoms with E-state index >= 15 is 0 Å². The van der Waals surface area contributed by atoms with Gasteiger partial charge in [-0.15, -0.1) is 0 Å². The molecule has 3 aromatic rings. The first-order valence-electron chi connectivity index (χ1n) is 12.5. The van der Waals surface area contributed by atoms with Gasteiger partial charge in [0.1, 0.15) is 24.8 Å². The minimum absolute atomic E-state index is 0.0237. The molecule has 2 aromatic carbocycles. The molecule has 0 aliphatic carbocycles. The van der Waals surface area contributed by atoms with Gasteiger partial charge in [-0.25, -0.2) is 17.6 Å². The highest BCUT2D eigenvalue weighted by Gasteiger charge is 2.40. The van der Waals surface area contributed by atoms with E-state index in [1.165, 1.54) is 6.20 Å². The van der Waals surface area contributed by atoms with E-state index in [1.807, 2.05) is 17.0 Å². The molecular weight excluding hydrogens is 504 g/mol. The first-order chi connectivity index (χ1) is 18.3. The van der Waals surface area contributed by atoms with Gasteiger partial charge in [-0.2, -0.15) is 0 Å². The van der Waals surface area contributed by atoms with Crippen molar-refractivity contribution in [3.8, 4) is 11.5 Å². The molecule has 4 rings (SSSR count). The number of fused-ring (bicyclic) bond motifs is 1. The standard InChI is InChI=1S/C28H30F4N2O4/c1-37-20-4-5-25-22(15-20)21(18(16-29)17-33-25)3-2-6-28(27(35)36)7-9-34(10-8-28)11-12-38-26-23(31)13-19(30)14-24(26)32/h4-5,13-15,17H,2-3,6-12,16H2,1H3,(H,35,36).